The third-order valence-electron chi connectivity index (χ3n) is 12.8. The van der Waals surface area contributed by atoms with Crippen LogP contribution in [0.4, 0.5) is 0 Å². The van der Waals surface area contributed by atoms with Crippen LogP contribution in [-0.4, -0.2) is 145 Å². The SMILES string of the molecule is C=C1C[C@H]2C(C)Cc3cc(OCCP(=O)(CCOc4cc5c(cc4CO)C(=O)N4CC(=C)C[C@H]4C(S(=O)(=O)O)C5)N(C)CCN(C)C(=O)CCCC)c(OC)cc3C(=O)N2C1. The third-order valence-corrected chi connectivity index (χ3v) is 17.2. The van der Waals surface area contributed by atoms with Gasteiger partial charge >= 0.3 is 0 Å². The predicted octanol–water partition coefficient (Wildman–Crippen LogP) is 5.05. The molecule has 2 aromatic carbocycles. The van der Waals surface area contributed by atoms with Gasteiger partial charge in [0, 0.05) is 74.7 Å². The molecule has 15 nitrogen and oxygen atoms in total. The van der Waals surface area contributed by atoms with Crippen molar-refractivity contribution in [1.82, 2.24) is 19.4 Å². The molecule has 2 aromatic rings. The molecule has 5 atom stereocenters. The molecule has 0 aromatic heterocycles. The van der Waals surface area contributed by atoms with Crippen molar-refractivity contribution in [2.75, 3.05) is 72.9 Å². The molecule has 0 saturated carbocycles. The lowest BCUT2D eigenvalue weighted by Crippen LogP contribution is -2.44. The number of likely N-dealkylation sites (N-methyl/N-ethyl adjacent to an activating group) is 2. The van der Waals surface area contributed by atoms with Crippen LogP contribution in [0.1, 0.15) is 83.4 Å². The Hall–Kier alpha value is -4.21. The molecule has 61 heavy (non-hydrogen) atoms. The van der Waals surface area contributed by atoms with Gasteiger partial charge in [0.15, 0.2) is 18.8 Å². The van der Waals surface area contributed by atoms with Crippen LogP contribution in [0, 0.1) is 5.92 Å². The molecule has 3 amide bonds. The second-order valence-electron chi connectivity index (χ2n) is 17.1. The van der Waals surface area contributed by atoms with Gasteiger partial charge in [-0.2, -0.15) is 8.42 Å². The molecule has 4 aliphatic rings. The van der Waals surface area contributed by atoms with Crippen LogP contribution >= 0.6 is 7.29 Å². The van der Waals surface area contributed by atoms with Gasteiger partial charge in [0.2, 0.25) is 5.91 Å². The van der Waals surface area contributed by atoms with E-state index in [4.69, 9.17) is 14.2 Å². The summed E-state index contributed by atoms with van der Waals surface area (Å²) >= 11 is 0. The molecule has 334 valence electrons. The molecule has 2 saturated heterocycles. The average molecular weight is 885 g/mol. The first-order valence-corrected chi connectivity index (χ1v) is 24.6. The number of methoxy groups -OCH3 is 1. The summed E-state index contributed by atoms with van der Waals surface area (Å²) in [5.74, 6) is 0.727. The first kappa shape index (κ1) is 46.3. The number of amides is 3. The monoisotopic (exact) mass is 884 g/mol. The second-order valence-corrected chi connectivity index (χ2v) is 22.0. The van der Waals surface area contributed by atoms with Gasteiger partial charge in [-0.15, -0.1) is 0 Å². The molecule has 6 rings (SSSR count). The number of hydrogen-bond acceptors (Lipinski definition) is 10. The van der Waals surface area contributed by atoms with Gasteiger partial charge in [-0.25, -0.2) is 0 Å². The van der Waals surface area contributed by atoms with E-state index < -0.39 is 41.2 Å². The van der Waals surface area contributed by atoms with Crippen LogP contribution < -0.4 is 14.2 Å². The van der Waals surface area contributed by atoms with E-state index in [1.165, 1.54) is 24.1 Å². The molecule has 0 radical (unpaired) electrons. The summed E-state index contributed by atoms with van der Waals surface area (Å²) < 4.78 is 70.5. The highest BCUT2D eigenvalue weighted by Gasteiger charge is 2.46. The van der Waals surface area contributed by atoms with Crippen LogP contribution in [0.3, 0.4) is 0 Å². The van der Waals surface area contributed by atoms with Gasteiger partial charge < -0.3 is 38.6 Å². The van der Waals surface area contributed by atoms with Crippen molar-refractivity contribution in [1.29, 1.82) is 0 Å². The van der Waals surface area contributed by atoms with Gasteiger partial charge in [0.05, 0.1) is 33.0 Å². The average Bonchev–Trinajstić information content (AvgIpc) is 3.76. The zero-order valence-electron chi connectivity index (χ0n) is 36.1. The Morgan fingerprint density at radius 2 is 1.44 bits per heavy atom. The van der Waals surface area contributed by atoms with E-state index in [-0.39, 0.29) is 80.0 Å². The number of rotatable bonds is 18. The number of carbonyl (C=O) groups is 3. The number of carbonyl (C=O) groups excluding carboxylic acids is 3. The number of hydrogen-bond donors (Lipinski definition) is 2. The molecular weight excluding hydrogens is 824 g/mol. The molecule has 4 aliphatic heterocycles. The van der Waals surface area contributed by atoms with Crippen LogP contribution in [0.15, 0.2) is 48.6 Å². The number of fused-ring (bicyclic) bond motifs is 4. The van der Waals surface area contributed by atoms with E-state index in [2.05, 4.69) is 20.1 Å². The van der Waals surface area contributed by atoms with Crippen molar-refractivity contribution in [2.45, 2.75) is 82.7 Å². The Kier molecular flexibility index (Phi) is 14.4. The first-order valence-electron chi connectivity index (χ1n) is 21.1. The van der Waals surface area contributed by atoms with Gasteiger partial charge in [0.25, 0.3) is 21.9 Å². The molecule has 0 aliphatic carbocycles. The van der Waals surface area contributed by atoms with Crippen LogP contribution in [0.2, 0.25) is 0 Å². The number of nitrogens with zero attached hydrogens (tertiary/aromatic N) is 4. The summed E-state index contributed by atoms with van der Waals surface area (Å²) in [5, 5.41) is 9.11. The lowest BCUT2D eigenvalue weighted by atomic mass is 9.91. The number of unbranched alkanes of at least 4 members (excludes halogenated alkanes) is 1. The molecule has 0 spiro atoms. The van der Waals surface area contributed by atoms with Crippen molar-refractivity contribution < 1.29 is 51.2 Å². The van der Waals surface area contributed by atoms with Crippen LogP contribution in [0.25, 0.3) is 0 Å². The highest BCUT2D eigenvalue weighted by atomic mass is 32.2. The van der Waals surface area contributed by atoms with E-state index in [9.17, 15) is 32.5 Å². The number of aliphatic hydroxyl groups is 1. The van der Waals surface area contributed by atoms with E-state index in [0.29, 0.717) is 66.2 Å². The molecule has 2 N–H and O–H groups in total. The Morgan fingerprint density at radius 3 is 2.05 bits per heavy atom. The van der Waals surface area contributed by atoms with Gasteiger partial charge in [-0.3, -0.25) is 23.6 Å². The fourth-order valence-electron chi connectivity index (χ4n) is 9.10. The fraction of sp³-hybridized carbons (Fsp3) is 0.568. The summed E-state index contributed by atoms with van der Waals surface area (Å²) in [7, 11) is -2.90. The zero-order chi connectivity index (χ0) is 44.4. The summed E-state index contributed by atoms with van der Waals surface area (Å²) in [5.41, 5.74) is 4.00. The minimum atomic E-state index is -4.57. The molecule has 4 heterocycles. The molecule has 2 fully saturated rings. The minimum absolute atomic E-state index is 0.00467. The van der Waals surface area contributed by atoms with Gasteiger partial charge in [-0.1, -0.05) is 44.6 Å². The summed E-state index contributed by atoms with van der Waals surface area (Å²) in [6, 6.07) is 5.87. The number of benzene rings is 2. The Bertz CT molecular complexity index is 2210. The summed E-state index contributed by atoms with van der Waals surface area (Å²) in [6.07, 6.45) is 3.75. The fourth-order valence-corrected chi connectivity index (χ4v) is 12.2. The largest absolute Gasteiger partial charge is 0.493 e. The van der Waals surface area contributed by atoms with Crippen molar-refractivity contribution >= 4 is 35.1 Å². The van der Waals surface area contributed by atoms with E-state index in [1.54, 1.807) is 29.7 Å². The highest BCUT2D eigenvalue weighted by molar-refractivity contribution is 7.86. The lowest BCUT2D eigenvalue weighted by Gasteiger charge is -2.30. The second kappa shape index (κ2) is 19.0. The minimum Gasteiger partial charge on any atom is -0.493 e. The van der Waals surface area contributed by atoms with Crippen molar-refractivity contribution in [3.8, 4) is 17.2 Å². The Morgan fingerprint density at radius 1 is 0.869 bits per heavy atom. The molecule has 17 heteroatoms. The maximum atomic E-state index is 15.0. The van der Waals surface area contributed by atoms with Gasteiger partial charge in [-0.05, 0) is 80.5 Å². The Balaban J connectivity index is 1.21. The molecular formula is C44H61N4O11PS. The third kappa shape index (κ3) is 10.0. The quantitative estimate of drug-likeness (QED) is 0.116. The smallest absolute Gasteiger partial charge is 0.270 e. The normalized spacial score (nSPS) is 22.2. The Labute approximate surface area is 359 Å². The number of aliphatic hydroxyl groups excluding tert-OH is 1. The maximum absolute atomic E-state index is 15.0. The van der Waals surface area contributed by atoms with Crippen molar-refractivity contribution in [3.63, 3.8) is 0 Å². The van der Waals surface area contributed by atoms with Crippen molar-refractivity contribution in [3.05, 3.63) is 76.4 Å². The summed E-state index contributed by atoms with van der Waals surface area (Å²) in [6.45, 7) is 13.0. The van der Waals surface area contributed by atoms with E-state index in [0.717, 1.165) is 30.4 Å². The lowest BCUT2D eigenvalue weighted by molar-refractivity contribution is -0.130. The first-order chi connectivity index (χ1) is 28.9. The highest BCUT2D eigenvalue weighted by Crippen LogP contribution is 2.49. The maximum Gasteiger partial charge on any atom is 0.270 e. The zero-order valence-corrected chi connectivity index (χ0v) is 37.8. The van der Waals surface area contributed by atoms with Gasteiger partial charge in [0.1, 0.15) is 11.0 Å². The van der Waals surface area contributed by atoms with E-state index in [1.807, 2.05) is 17.9 Å². The van der Waals surface area contributed by atoms with Crippen LogP contribution in [0.5, 0.6) is 17.2 Å². The molecule has 0 bridgehead atoms. The van der Waals surface area contributed by atoms with Crippen LogP contribution in [-0.2, 0) is 38.9 Å². The topological polar surface area (TPSA) is 184 Å². The molecule has 3 unspecified atom stereocenters. The predicted molar refractivity (Wildman–Crippen MR) is 233 cm³/mol. The van der Waals surface area contributed by atoms with E-state index >= 15 is 4.57 Å². The summed E-state index contributed by atoms with van der Waals surface area (Å²) in [4.78, 5) is 45.1. The van der Waals surface area contributed by atoms with Crippen molar-refractivity contribution in [2.24, 2.45) is 5.92 Å². The number of ether oxygens (including phenoxy) is 3. The standard InChI is InChI=1S/C44H61N4O11PS/c1-8-9-10-42(50)45(5)11-12-46(6)60(53,16-14-59-40-22-31-19-30(4)36-17-28(2)25-47(36)44(52)35(31)24-39(40)57-7)15-13-58-38-21-32-23-41(61(54,55)56)37-18-29(3)26-48(37)43(51)34(32)20-33(38)27-49/h20-22,24,30,36-37,41,49H,2-3,8-19,23,25-27H2,1,4-7H3,(H,54,55,56)/t30?,36-,37-,41?,60?/m0/s1.